The minimum atomic E-state index is -3.60. The molecule has 1 fully saturated rings. The molecular weight excluding hydrogens is 579 g/mol. The summed E-state index contributed by atoms with van der Waals surface area (Å²) >= 11 is 18.2. The van der Waals surface area contributed by atoms with Crippen molar-refractivity contribution in [1.29, 1.82) is 0 Å². The average Bonchev–Trinajstić information content (AvgIpc) is 2.90. The molecule has 1 heterocycles. The van der Waals surface area contributed by atoms with E-state index in [2.05, 4.69) is 10.6 Å². The van der Waals surface area contributed by atoms with E-state index in [-0.39, 0.29) is 10.0 Å². The van der Waals surface area contributed by atoms with Crippen molar-refractivity contribution in [2.75, 3.05) is 43.0 Å². The van der Waals surface area contributed by atoms with Gasteiger partial charge in [-0.2, -0.15) is 4.31 Å². The van der Waals surface area contributed by atoms with E-state index in [4.69, 9.17) is 40.2 Å². The third kappa shape index (κ3) is 6.82. The van der Waals surface area contributed by atoms with Crippen LogP contribution in [-0.2, 0) is 10.0 Å². The van der Waals surface area contributed by atoms with Crippen LogP contribution in [0.5, 0.6) is 5.75 Å². The zero-order valence-corrected chi connectivity index (χ0v) is 24.6. The number of aryl methyl sites for hydroxylation is 1. The molecule has 8 nitrogen and oxygen atoms in total. The molecule has 0 spiro atoms. The van der Waals surface area contributed by atoms with Crippen molar-refractivity contribution >= 4 is 67.8 Å². The van der Waals surface area contributed by atoms with Gasteiger partial charge >= 0.3 is 0 Å². The Kier molecular flexibility index (Phi) is 9.35. The number of piperazine rings is 1. The van der Waals surface area contributed by atoms with Crippen LogP contribution in [0.3, 0.4) is 0 Å². The zero-order chi connectivity index (χ0) is 28.2. The number of thiocarbonyl (C=S) groups is 1. The quantitative estimate of drug-likeness (QED) is 0.351. The Morgan fingerprint density at radius 2 is 1.69 bits per heavy atom. The van der Waals surface area contributed by atoms with E-state index in [0.717, 1.165) is 5.56 Å². The average molecular weight is 608 g/mol. The molecule has 0 radical (unpaired) electrons. The van der Waals surface area contributed by atoms with Gasteiger partial charge in [-0.1, -0.05) is 47.0 Å². The minimum absolute atomic E-state index is 0.0779. The Hall–Kier alpha value is -2.89. The molecule has 0 saturated carbocycles. The van der Waals surface area contributed by atoms with Crippen molar-refractivity contribution in [3.8, 4) is 5.75 Å². The molecule has 1 aliphatic rings. The summed E-state index contributed by atoms with van der Waals surface area (Å²) < 4.78 is 33.1. The molecule has 0 aromatic heterocycles. The third-order valence-corrected chi connectivity index (χ3v) is 8.89. The van der Waals surface area contributed by atoms with Crippen molar-refractivity contribution in [1.82, 2.24) is 9.62 Å². The first-order valence-electron chi connectivity index (χ1n) is 12.2. The number of amides is 1. The highest BCUT2D eigenvalue weighted by Gasteiger charge is 2.30. The Labute approximate surface area is 243 Å². The third-order valence-electron chi connectivity index (χ3n) is 6.17. The summed E-state index contributed by atoms with van der Waals surface area (Å²) in [5.74, 6) is 0.0581. The molecule has 0 unspecified atom stereocenters. The maximum atomic E-state index is 13.1. The van der Waals surface area contributed by atoms with Gasteiger partial charge in [-0.3, -0.25) is 10.1 Å². The van der Waals surface area contributed by atoms with Gasteiger partial charge in [0.05, 0.1) is 32.9 Å². The maximum Gasteiger partial charge on any atom is 0.257 e. The first-order chi connectivity index (χ1) is 18.6. The van der Waals surface area contributed by atoms with Gasteiger partial charge in [0.15, 0.2) is 5.11 Å². The maximum absolute atomic E-state index is 13.1. The van der Waals surface area contributed by atoms with Crippen LogP contribution >= 0.6 is 35.4 Å². The Balaban J connectivity index is 1.43. The molecule has 0 atom stereocenters. The smallest absolute Gasteiger partial charge is 0.257 e. The highest BCUT2D eigenvalue weighted by molar-refractivity contribution is 7.89. The number of hydrogen-bond donors (Lipinski definition) is 2. The number of nitrogens with one attached hydrogen (secondary N) is 2. The van der Waals surface area contributed by atoms with Crippen LogP contribution in [0.1, 0.15) is 22.8 Å². The van der Waals surface area contributed by atoms with Gasteiger partial charge in [0, 0.05) is 31.7 Å². The summed E-state index contributed by atoms with van der Waals surface area (Å²) in [5, 5.41) is 6.58. The van der Waals surface area contributed by atoms with Gasteiger partial charge < -0.3 is 15.0 Å². The number of rotatable bonds is 7. The van der Waals surface area contributed by atoms with E-state index in [1.807, 2.05) is 18.7 Å². The summed E-state index contributed by atoms with van der Waals surface area (Å²) in [4.78, 5) is 15.0. The standard InChI is InChI=1S/C27H28Cl2N4O4S2/c1-3-37-24-12-9-19(17-22(24)29)26(34)31-27(38)30-23-6-4-5-21(28)25(23)32-13-15-33(16-14-32)39(35,36)20-10-7-18(2)8-11-20/h4-12,17H,3,13-16H2,1-2H3,(H2,30,31,34,38). The molecule has 3 aromatic rings. The minimum Gasteiger partial charge on any atom is -0.492 e. The fourth-order valence-electron chi connectivity index (χ4n) is 4.19. The monoisotopic (exact) mass is 606 g/mol. The first kappa shape index (κ1) is 29.1. The van der Waals surface area contributed by atoms with Crippen LogP contribution in [-0.4, -0.2) is 56.5 Å². The van der Waals surface area contributed by atoms with E-state index in [9.17, 15) is 13.2 Å². The number of carbonyl (C=O) groups excluding carboxylic acids is 1. The predicted molar refractivity (Wildman–Crippen MR) is 160 cm³/mol. The summed E-state index contributed by atoms with van der Waals surface area (Å²) in [6, 6.07) is 16.9. The second-order valence-corrected chi connectivity index (χ2v) is 12.0. The topological polar surface area (TPSA) is 91.0 Å². The summed E-state index contributed by atoms with van der Waals surface area (Å²) in [7, 11) is -3.60. The van der Waals surface area contributed by atoms with Gasteiger partial charge in [-0.25, -0.2) is 8.42 Å². The number of nitrogens with zero attached hydrogens (tertiary/aromatic N) is 2. The number of carbonyl (C=O) groups is 1. The molecule has 1 saturated heterocycles. The summed E-state index contributed by atoms with van der Waals surface area (Å²) in [5.41, 5.74) is 2.58. The van der Waals surface area contributed by atoms with Gasteiger partial charge in [0.1, 0.15) is 5.75 Å². The largest absolute Gasteiger partial charge is 0.492 e. The Morgan fingerprint density at radius 1 is 1.00 bits per heavy atom. The Morgan fingerprint density at radius 3 is 2.33 bits per heavy atom. The fraction of sp³-hybridized carbons (Fsp3) is 0.259. The number of hydrogen-bond acceptors (Lipinski definition) is 6. The number of benzene rings is 3. The molecule has 3 aromatic carbocycles. The fourth-order valence-corrected chi connectivity index (χ4v) is 6.35. The molecule has 0 bridgehead atoms. The van der Waals surface area contributed by atoms with Gasteiger partial charge in [-0.15, -0.1) is 0 Å². The van der Waals surface area contributed by atoms with Crippen molar-refractivity contribution in [3.05, 3.63) is 81.8 Å². The van der Waals surface area contributed by atoms with Crippen molar-refractivity contribution in [2.45, 2.75) is 18.7 Å². The number of halogens is 2. The lowest BCUT2D eigenvalue weighted by Gasteiger charge is -2.36. The lowest BCUT2D eigenvalue weighted by Crippen LogP contribution is -2.49. The van der Waals surface area contributed by atoms with Gasteiger partial charge in [0.25, 0.3) is 5.91 Å². The van der Waals surface area contributed by atoms with E-state index in [1.54, 1.807) is 54.6 Å². The van der Waals surface area contributed by atoms with E-state index in [0.29, 0.717) is 65.5 Å². The number of sulfonamides is 1. The van der Waals surface area contributed by atoms with Crippen molar-refractivity contribution in [3.63, 3.8) is 0 Å². The van der Waals surface area contributed by atoms with Crippen LogP contribution < -0.4 is 20.3 Å². The normalized spacial score (nSPS) is 14.1. The second kappa shape index (κ2) is 12.5. The lowest BCUT2D eigenvalue weighted by atomic mass is 10.2. The Bertz CT molecular complexity index is 1480. The molecular formula is C27H28Cl2N4O4S2. The highest BCUT2D eigenvalue weighted by atomic mass is 35.5. The lowest BCUT2D eigenvalue weighted by molar-refractivity contribution is 0.0977. The number of anilines is 2. The van der Waals surface area contributed by atoms with Crippen LogP contribution in [0.2, 0.25) is 10.0 Å². The molecule has 2 N–H and O–H groups in total. The summed E-state index contributed by atoms with van der Waals surface area (Å²) in [6.45, 7) is 5.65. The van der Waals surface area contributed by atoms with Crippen molar-refractivity contribution in [2.24, 2.45) is 0 Å². The second-order valence-electron chi connectivity index (χ2n) is 8.83. The summed E-state index contributed by atoms with van der Waals surface area (Å²) in [6.07, 6.45) is 0. The molecule has 206 valence electrons. The van der Waals surface area contributed by atoms with Gasteiger partial charge in [-0.05, 0) is 68.5 Å². The first-order valence-corrected chi connectivity index (χ1v) is 14.9. The highest BCUT2D eigenvalue weighted by Crippen LogP contribution is 2.35. The molecule has 39 heavy (non-hydrogen) atoms. The zero-order valence-electron chi connectivity index (χ0n) is 21.4. The predicted octanol–water partition coefficient (Wildman–Crippen LogP) is 5.34. The van der Waals surface area contributed by atoms with Crippen LogP contribution in [0, 0.1) is 6.92 Å². The molecule has 1 aliphatic heterocycles. The molecule has 4 rings (SSSR count). The number of ether oxygens (including phenoxy) is 1. The van der Waals surface area contributed by atoms with Crippen LogP contribution in [0.15, 0.2) is 65.6 Å². The van der Waals surface area contributed by atoms with Crippen LogP contribution in [0.4, 0.5) is 11.4 Å². The molecule has 0 aliphatic carbocycles. The molecule has 1 amide bonds. The van der Waals surface area contributed by atoms with Crippen molar-refractivity contribution < 1.29 is 17.9 Å². The van der Waals surface area contributed by atoms with Crippen LogP contribution in [0.25, 0.3) is 0 Å². The van der Waals surface area contributed by atoms with E-state index >= 15 is 0 Å². The molecule has 12 heteroatoms. The number of para-hydroxylation sites is 1. The van der Waals surface area contributed by atoms with E-state index < -0.39 is 15.9 Å². The van der Waals surface area contributed by atoms with E-state index in [1.165, 1.54) is 10.4 Å². The van der Waals surface area contributed by atoms with Gasteiger partial charge in [0.2, 0.25) is 10.0 Å². The SMILES string of the molecule is CCOc1ccc(C(=O)NC(=S)Nc2cccc(Cl)c2N2CCN(S(=O)(=O)c3ccc(C)cc3)CC2)cc1Cl.